The van der Waals surface area contributed by atoms with Gasteiger partial charge >= 0.3 is 0 Å². The second-order valence-corrected chi connectivity index (χ2v) is 9.58. The third kappa shape index (κ3) is 5.00. The lowest BCUT2D eigenvalue weighted by Gasteiger charge is -2.26. The van der Waals surface area contributed by atoms with Crippen molar-refractivity contribution >= 4 is 17.1 Å². The zero-order valence-corrected chi connectivity index (χ0v) is 21.5. The third-order valence-corrected chi connectivity index (χ3v) is 6.92. The SMILES string of the molecule is Cc1cccc(-c2cccc(N(c3ccc(-c4ccccc4)cc3)c3ccc(-c4ccccc4)cc3)c2)c1. The first-order valence-electron chi connectivity index (χ1n) is 13.0. The summed E-state index contributed by atoms with van der Waals surface area (Å²) in [7, 11) is 0. The zero-order chi connectivity index (χ0) is 25.7. The van der Waals surface area contributed by atoms with Crippen molar-refractivity contribution in [2.24, 2.45) is 0 Å². The first-order chi connectivity index (χ1) is 18.7. The zero-order valence-electron chi connectivity index (χ0n) is 21.5. The Labute approximate surface area is 225 Å². The Morgan fingerprint density at radius 2 is 0.737 bits per heavy atom. The van der Waals surface area contributed by atoms with E-state index in [2.05, 4.69) is 170 Å². The Hall–Kier alpha value is -4.88. The molecule has 1 heteroatoms. The molecule has 0 fully saturated rings. The first-order valence-corrected chi connectivity index (χ1v) is 13.0. The van der Waals surface area contributed by atoms with Gasteiger partial charge in [0.05, 0.1) is 0 Å². The quantitative estimate of drug-likeness (QED) is 0.226. The Morgan fingerprint density at radius 3 is 1.24 bits per heavy atom. The Balaban J connectivity index is 1.43. The predicted octanol–water partition coefficient (Wildman–Crippen LogP) is 10.5. The molecule has 0 aromatic heterocycles. The molecule has 38 heavy (non-hydrogen) atoms. The minimum absolute atomic E-state index is 1.12. The van der Waals surface area contributed by atoms with Crippen LogP contribution in [0, 0.1) is 6.92 Å². The number of aryl methyl sites for hydroxylation is 1. The van der Waals surface area contributed by atoms with Crippen LogP contribution in [-0.2, 0) is 0 Å². The lowest BCUT2D eigenvalue weighted by Crippen LogP contribution is -2.10. The van der Waals surface area contributed by atoms with Crippen molar-refractivity contribution in [3.05, 3.63) is 163 Å². The molecular formula is C37H29N. The highest BCUT2D eigenvalue weighted by atomic mass is 15.1. The van der Waals surface area contributed by atoms with Gasteiger partial charge < -0.3 is 4.90 Å². The molecule has 0 amide bonds. The standard InChI is InChI=1S/C37H29N/c1-28-10-8-15-33(26-28)34-16-9-17-37(27-34)38(35-22-18-31(19-23-35)29-11-4-2-5-12-29)36-24-20-32(21-25-36)30-13-6-3-7-14-30/h2-27H,1H3. The van der Waals surface area contributed by atoms with Crippen molar-refractivity contribution in [1.82, 2.24) is 0 Å². The molecule has 0 bridgehead atoms. The van der Waals surface area contributed by atoms with E-state index >= 15 is 0 Å². The number of hydrogen-bond donors (Lipinski definition) is 0. The highest BCUT2D eigenvalue weighted by molar-refractivity contribution is 5.82. The van der Waals surface area contributed by atoms with Crippen LogP contribution in [0.3, 0.4) is 0 Å². The maximum Gasteiger partial charge on any atom is 0.0467 e. The van der Waals surface area contributed by atoms with E-state index < -0.39 is 0 Å². The van der Waals surface area contributed by atoms with Crippen LogP contribution in [0.1, 0.15) is 5.56 Å². The van der Waals surface area contributed by atoms with Gasteiger partial charge in [-0.25, -0.2) is 0 Å². The molecule has 182 valence electrons. The van der Waals surface area contributed by atoms with Gasteiger partial charge in [0.2, 0.25) is 0 Å². The molecule has 0 saturated heterocycles. The summed E-state index contributed by atoms with van der Waals surface area (Å²) in [6, 6.07) is 56.3. The molecule has 1 nitrogen and oxygen atoms in total. The number of nitrogens with zero attached hydrogens (tertiary/aromatic N) is 1. The number of hydrogen-bond acceptors (Lipinski definition) is 1. The lowest BCUT2D eigenvalue weighted by atomic mass is 10.0. The largest absolute Gasteiger partial charge is 0.310 e. The van der Waals surface area contributed by atoms with Crippen LogP contribution in [0.2, 0.25) is 0 Å². The number of anilines is 3. The Morgan fingerprint density at radius 1 is 0.316 bits per heavy atom. The van der Waals surface area contributed by atoms with Crippen LogP contribution in [0.15, 0.2) is 158 Å². The molecule has 0 aliphatic carbocycles. The monoisotopic (exact) mass is 487 g/mol. The fourth-order valence-electron chi connectivity index (χ4n) is 4.96. The highest BCUT2D eigenvalue weighted by Crippen LogP contribution is 2.38. The van der Waals surface area contributed by atoms with Crippen LogP contribution >= 0.6 is 0 Å². The van der Waals surface area contributed by atoms with E-state index in [1.807, 2.05) is 0 Å². The molecule has 0 atom stereocenters. The Kier molecular flexibility index (Phi) is 6.57. The minimum atomic E-state index is 1.12. The lowest BCUT2D eigenvalue weighted by molar-refractivity contribution is 1.28. The topological polar surface area (TPSA) is 3.24 Å². The molecule has 0 heterocycles. The third-order valence-electron chi connectivity index (χ3n) is 6.92. The van der Waals surface area contributed by atoms with E-state index in [1.165, 1.54) is 38.9 Å². The molecule has 0 unspecified atom stereocenters. The van der Waals surface area contributed by atoms with Crippen molar-refractivity contribution in [3.63, 3.8) is 0 Å². The van der Waals surface area contributed by atoms with E-state index in [0.717, 1.165) is 17.1 Å². The van der Waals surface area contributed by atoms with Crippen molar-refractivity contribution in [3.8, 4) is 33.4 Å². The van der Waals surface area contributed by atoms with Crippen molar-refractivity contribution < 1.29 is 0 Å². The molecule has 6 aromatic carbocycles. The molecule has 6 rings (SSSR count). The van der Waals surface area contributed by atoms with Crippen LogP contribution < -0.4 is 4.90 Å². The first kappa shape index (κ1) is 23.5. The molecule has 6 aromatic rings. The molecule has 0 spiro atoms. The maximum atomic E-state index is 2.34. The van der Waals surface area contributed by atoms with Crippen LogP contribution in [0.25, 0.3) is 33.4 Å². The van der Waals surface area contributed by atoms with Crippen LogP contribution in [-0.4, -0.2) is 0 Å². The predicted molar refractivity (Wildman–Crippen MR) is 162 cm³/mol. The summed E-state index contributed by atoms with van der Waals surface area (Å²) in [4.78, 5) is 2.34. The van der Waals surface area contributed by atoms with Gasteiger partial charge in [-0.1, -0.05) is 127 Å². The fraction of sp³-hybridized carbons (Fsp3) is 0.0270. The van der Waals surface area contributed by atoms with Gasteiger partial charge in [0, 0.05) is 17.1 Å². The molecule has 0 radical (unpaired) electrons. The van der Waals surface area contributed by atoms with Crippen molar-refractivity contribution in [2.75, 3.05) is 4.90 Å². The van der Waals surface area contributed by atoms with Gasteiger partial charge in [0.15, 0.2) is 0 Å². The van der Waals surface area contributed by atoms with Crippen LogP contribution in [0.5, 0.6) is 0 Å². The molecule has 0 aliphatic heterocycles. The van der Waals surface area contributed by atoms with E-state index in [1.54, 1.807) is 0 Å². The molecule has 0 N–H and O–H groups in total. The molecule has 0 aliphatic rings. The molecule has 0 saturated carbocycles. The summed E-state index contributed by atoms with van der Waals surface area (Å²) in [5, 5.41) is 0. The van der Waals surface area contributed by atoms with E-state index in [-0.39, 0.29) is 0 Å². The highest BCUT2D eigenvalue weighted by Gasteiger charge is 2.14. The van der Waals surface area contributed by atoms with E-state index in [9.17, 15) is 0 Å². The van der Waals surface area contributed by atoms with Gasteiger partial charge in [-0.2, -0.15) is 0 Å². The number of benzene rings is 6. The summed E-state index contributed by atoms with van der Waals surface area (Å²) in [5.41, 5.74) is 11.9. The second kappa shape index (κ2) is 10.6. The van der Waals surface area contributed by atoms with Gasteiger partial charge in [-0.3, -0.25) is 0 Å². The minimum Gasteiger partial charge on any atom is -0.310 e. The summed E-state index contributed by atoms with van der Waals surface area (Å²) in [6.45, 7) is 2.14. The normalized spacial score (nSPS) is 10.8. The summed E-state index contributed by atoms with van der Waals surface area (Å²) < 4.78 is 0. The van der Waals surface area contributed by atoms with Crippen LogP contribution in [0.4, 0.5) is 17.1 Å². The summed E-state index contributed by atoms with van der Waals surface area (Å²) in [5.74, 6) is 0. The van der Waals surface area contributed by atoms with Gasteiger partial charge in [0.1, 0.15) is 0 Å². The average Bonchev–Trinajstić information content (AvgIpc) is 2.99. The maximum absolute atomic E-state index is 2.34. The van der Waals surface area contributed by atoms with E-state index in [0.29, 0.717) is 0 Å². The summed E-state index contributed by atoms with van der Waals surface area (Å²) in [6.07, 6.45) is 0. The van der Waals surface area contributed by atoms with Crippen molar-refractivity contribution in [2.45, 2.75) is 6.92 Å². The van der Waals surface area contributed by atoms with Crippen molar-refractivity contribution in [1.29, 1.82) is 0 Å². The van der Waals surface area contributed by atoms with E-state index in [4.69, 9.17) is 0 Å². The Bertz CT molecular complexity index is 1550. The second-order valence-electron chi connectivity index (χ2n) is 9.58. The number of rotatable bonds is 6. The summed E-state index contributed by atoms with van der Waals surface area (Å²) >= 11 is 0. The van der Waals surface area contributed by atoms with Gasteiger partial charge in [-0.15, -0.1) is 0 Å². The van der Waals surface area contributed by atoms with Gasteiger partial charge in [0.25, 0.3) is 0 Å². The average molecular weight is 488 g/mol. The smallest absolute Gasteiger partial charge is 0.0467 e. The molecular weight excluding hydrogens is 458 g/mol. The fourth-order valence-corrected chi connectivity index (χ4v) is 4.96. The van der Waals surface area contributed by atoms with Gasteiger partial charge in [-0.05, 0) is 76.7 Å².